The maximum absolute atomic E-state index is 2.52. The third-order valence-electron chi connectivity index (χ3n) is 6.49. The summed E-state index contributed by atoms with van der Waals surface area (Å²) in [5, 5.41) is 0. The van der Waals surface area contributed by atoms with Gasteiger partial charge in [0.15, 0.2) is 0 Å². The molecule has 0 amide bonds. The first-order valence-corrected chi connectivity index (χ1v) is 13.0. The first-order chi connectivity index (χ1) is 13.4. The van der Waals surface area contributed by atoms with Crippen LogP contribution >= 0.6 is 0 Å². The first kappa shape index (κ1) is 21.1. The molecule has 0 bridgehead atoms. The van der Waals surface area contributed by atoms with Crippen molar-refractivity contribution in [2.75, 3.05) is 0 Å². The van der Waals surface area contributed by atoms with Gasteiger partial charge in [0.25, 0.3) is 0 Å². The Morgan fingerprint density at radius 1 is 0.586 bits per heavy atom. The number of aryl methyl sites for hydroxylation is 2. The zero-order valence-corrected chi connectivity index (χ0v) is 20.1. The molecule has 144 valence electrons. The summed E-state index contributed by atoms with van der Waals surface area (Å²) in [5.74, 6) is 0. The molecular weight excluding hydrogens is 474 g/mol. The Bertz CT molecular complexity index is 989. The Labute approximate surface area is 197 Å². The minimum atomic E-state index is -0.660. The van der Waals surface area contributed by atoms with Crippen LogP contribution in [0.15, 0.2) is 48.6 Å². The normalized spacial score (nSPS) is 21.4. The molecule has 2 aromatic carbocycles. The predicted octanol–water partition coefficient (Wildman–Crippen LogP) is 0.532. The molecule has 29 heavy (non-hydrogen) atoms. The number of rotatable bonds is 2. The van der Waals surface area contributed by atoms with Crippen molar-refractivity contribution in [2.45, 2.75) is 32.9 Å². The number of fused-ring (bicyclic) bond motifs is 6. The van der Waals surface area contributed by atoms with Crippen LogP contribution in [-0.4, -0.2) is 0 Å². The summed E-state index contributed by atoms with van der Waals surface area (Å²) in [6, 6.07) is 9.68. The van der Waals surface area contributed by atoms with E-state index in [1.54, 1.807) is 11.1 Å². The van der Waals surface area contributed by atoms with Crippen molar-refractivity contribution in [1.82, 2.24) is 0 Å². The van der Waals surface area contributed by atoms with Crippen LogP contribution in [0.5, 0.6) is 0 Å². The Balaban J connectivity index is 0.00000102. The van der Waals surface area contributed by atoms with E-state index in [4.69, 9.17) is 0 Å². The summed E-state index contributed by atoms with van der Waals surface area (Å²) in [7, 11) is 0. The molecule has 3 heteroatoms. The van der Waals surface area contributed by atoms with E-state index in [0.29, 0.717) is 7.25 Å². The molecule has 2 unspecified atom stereocenters. The van der Waals surface area contributed by atoms with Crippen LogP contribution in [-0.2, 0) is 36.1 Å². The molecule has 0 spiro atoms. The standard InChI is InChI=1S/2C13H11.2ClH.Zr/c2*1-2-6-12-10(4-1)8-9-11-5-3-7-13(11)12;;;/h2*2-3,5-9H,1,4H2;2*1H;/q;;;;+2/p-2. The number of hydrogen-bond donors (Lipinski definition) is 0. The SMILES string of the molecule is C1=Cc2c(ccc3c2C=C[CH]3[Zr+2][CH]2C=Cc3c2ccc2c3C=CCC2)CC1.[Cl-].[Cl-]. The maximum atomic E-state index is 2.52. The molecule has 2 aromatic rings. The Hall–Kier alpha value is -1.14. The van der Waals surface area contributed by atoms with Gasteiger partial charge in [-0.05, 0) is 0 Å². The van der Waals surface area contributed by atoms with Crippen molar-refractivity contribution in [1.29, 1.82) is 0 Å². The van der Waals surface area contributed by atoms with E-state index in [1.807, 2.05) is 0 Å². The topological polar surface area (TPSA) is 0 Å². The monoisotopic (exact) mass is 494 g/mol. The second-order valence-electron chi connectivity index (χ2n) is 8.00. The molecule has 2 atom stereocenters. The van der Waals surface area contributed by atoms with E-state index in [2.05, 4.69) is 72.9 Å². The summed E-state index contributed by atoms with van der Waals surface area (Å²) in [6.07, 6.45) is 24.1. The molecule has 0 saturated heterocycles. The van der Waals surface area contributed by atoms with Gasteiger partial charge in [0.2, 0.25) is 0 Å². The molecule has 0 heterocycles. The van der Waals surface area contributed by atoms with Crippen LogP contribution in [0.25, 0.3) is 24.3 Å². The van der Waals surface area contributed by atoms with Gasteiger partial charge < -0.3 is 24.8 Å². The van der Waals surface area contributed by atoms with Crippen LogP contribution in [0, 0.1) is 0 Å². The van der Waals surface area contributed by atoms with Gasteiger partial charge in [-0.2, -0.15) is 0 Å². The third-order valence-corrected chi connectivity index (χ3v) is 10.7. The molecule has 0 nitrogen and oxygen atoms in total. The quantitative estimate of drug-likeness (QED) is 0.570. The van der Waals surface area contributed by atoms with Crippen molar-refractivity contribution in [2.24, 2.45) is 0 Å². The number of halogens is 2. The average molecular weight is 497 g/mol. The zero-order valence-electron chi connectivity index (χ0n) is 16.2. The Morgan fingerprint density at radius 3 is 1.55 bits per heavy atom. The second kappa shape index (κ2) is 8.54. The van der Waals surface area contributed by atoms with Crippen molar-refractivity contribution in [3.8, 4) is 0 Å². The van der Waals surface area contributed by atoms with Crippen molar-refractivity contribution in [3.05, 3.63) is 93.1 Å². The summed E-state index contributed by atoms with van der Waals surface area (Å²) in [4.78, 5) is 0. The first-order valence-electron chi connectivity index (χ1n) is 10.2. The van der Waals surface area contributed by atoms with Gasteiger partial charge in [-0.15, -0.1) is 0 Å². The van der Waals surface area contributed by atoms with Crippen LogP contribution in [0.2, 0.25) is 0 Å². The van der Waals surface area contributed by atoms with Gasteiger partial charge in [-0.25, -0.2) is 0 Å². The molecule has 0 aliphatic heterocycles. The molecule has 4 aliphatic rings. The molecule has 6 rings (SSSR count). The summed E-state index contributed by atoms with van der Waals surface area (Å²) >= 11 is -0.660. The van der Waals surface area contributed by atoms with Gasteiger partial charge in [0.05, 0.1) is 0 Å². The molecule has 0 saturated carbocycles. The van der Waals surface area contributed by atoms with Crippen molar-refractivity contribution < 1.29 is 48.0 Å². The minimum absolute atomic E-state index is 0. The van der Waals surface area contributed by atoms with Crippen LogP contribution in [0.3, 0.4) is 0 Å². The Morgan fingerprint density at radius 2 is 1.07 bits per heavy atom. The number of hydrogen-bond acceptors (Lipinski definition) is 0. The van der Waals surface area contributed by atoms with Gasteiger partial charge >= 0.3 is 174 Å². The van der Waals surface area contributed by atoms with Gasteiger partial charge in [-0.3, -0.25) is 0 Å². The predicted molar refractivity (Wildman–Crippen MR) is 111 cm³/mol. The maximum Gasteiger partial charge on any atom is -1.00 e. The van der Waals surface area contributed by atoms with Gasteiger partial charge in [0, 0.05) is 0 Å². The molecule has 4 aliphatic carbocycles. The van der Waals surface area contributed by atoms with Crippen LogP contribution in [0.1, 0.15) is 64.6 Å². The zero-order chi connectivity index (χ0) is 17.8. The van der Waals surface area contributed by atoms with Crippen molar-refractivity contribution in [3.63, 3.8) is 0 Å². The fourth-order valence-corrected chi connectivity index (χ4v) is 9.19. The largest absolute Gasteiger partial charge is 1.00 e. The third kappa shape index (κ3) is 3.50. The van der Waals surface area contributed by atoms with Crippen molar-refractivity contribution >= 4 is 24.3 Å². The Kier molecular flexibility index (Phi) is 6.22. The van der Waals surface area contributed by atoms with E-state index in [9.17, 15) is 0 Å². The van der Waals surface area contributed by atoms with Gasteiger partial charge in [-0.1, -0.05) is 0 Å². The smallest absolute Gasteiger partial charge is 1.00 e. The summed E-state index contributed by atoms with van der Waals surface area (Å²) in [5.41, 5.74) is 12.3. The fourth-order valence-electron chi connectivity index (χ4n) is 5.10. The van der Waals surface area contributed by atoms with E-state index in [0.717, 1.165) is 0 Å². The molecule has 0 radical (unpaired) electrons. The second-order valence-corrected chi connectivity index (χ2v) is 11.9. The van der Waals surface area contributed by atoms with E-state index in [1.165, 1.54) is 59.1 Å². The van der Waals surface area contributed by atoms with Crippen LogP contribution < -0.4 is 24.8 Å². The molecule has 0 N–H and O–H groups in total. The van der Waals surface area contributed by atoms with E-state index in [-0.39, 0.29) is 24.8 Å². The molecule has 0 fully saturated rings. The molecule has 0 aromatic heterocycles. The number of allylic oxidation sites excluding steroid dienone is 4. The minimum Gasteiger partial charge on any atom is -1.00 e. The summed E-state index contributed by atoms with van der Waals surface area (Å²) in [6.45, 7) is 0. The van der Waals surface area contributed by atoms with E-state index >= 15 is 0 Å². The summed E-state index contributed by atoms with van der Waals surface area (Å²) < 4.78 is 1.41. The number of benzene rings is 2. The average Bonchev–Trinajstić information content (AvgIpc) is 3.33. The van der Waals surface area contributed by atoms with Crippen LogP contribution in [0.4, 0.5) is 0 Å². The fraction of sp³-hybridized carbons (Fsp3) is 0.231. The van der Waals surface area contributed by atoms with Gasteiger partial charge in [0.1, 0.15) is 0 Å². The van der Waals surface area contributed by atoms with E-state index < -0.39 is 23.2 Å². The molecular formula is C26H22Cl2Zr.